The third kappa shape index (κ3) is 3.81. The van der Waals surface area contributed by atoms with E-state index in [4.69, 9.17) is 9.26 Å². The molecule has 0 aliphatic rings. The summed E-state index contributed by atoms with van der Waals surface area (Å²) in [5.41, 5.74) is 5.24. The summed E-state index contributed by atoms with van der Waals surface area (Å²) in [5, 5.41) is 7.53. The van der Waals surface area contributed by atoms with Gasteiger partial charge in [-0.1, -0.05) is 47.1 Å². The molecule has 28 heavy (non-hydrogen) atoms. The van der Waals surface area contributed by atoms with Gasteiger partial charge in [0.25, 0.3) is 0 Å². The molecule has 2 aromatic heterocycles. The van der Waals surface area contributed by atoms with Crippen molar-refractivity contribution in [1.29, 1.82) is 0 Å². The van der Waals surface area contributed by atoms with E-state index in [2.05, 4.69) is 27.4 Å². The summed E-state index contributed by atoms with van der Waals surface area (Å²) in [6.07, 6.45) is 1.69. The maximum atomic E-state index is 5.68. The molecule has 0 radical (unpaired) electrons. The first kappa shape index (κ1) is 18.0. The third-order valence-electron chi connectivity index (χ3n) is 4.34. The highest BCUT2D eigenvalue weighted by Crippen LogP contribution is 2.29. The van der Waals surface area contributed by atoms with Gasteiger partial charge in [0.15, 0.2) is 5.82 Å². The van der Waals surface area contributed by atoms with Crippen LogP contribution in [0.1, 0.15) is 25.0 Å². The summed E-state index contributed by atoms with van der Waals surface area (Å²) < 4.78 is 11.2. The molecule has 0 spiro atoms. The Morgan fingerprint density at radius 1 is 1.00 bits per heavy atom. The molecule has 6 heteroatoms. The van der Waals surface area contributed by atoms with Crippen LogP contribution in [0.5, 0.6) is 5.75 Å². The molecule has 0 aliphatic carbocycles. The molecule has 0 atom stereocenters. The van der Waals surface area contributed by atoms with Gasteiger partial charge in [-0.2, -0.15) is 0 Å². The topological polar surface area (TPSA) is 73.1 Å². The summed E-state index contributed by atoms with van der Waals surface area (Å²) in [6, 6.07) is 16.1. The minimum absolute atomic E-state index is 0.160. The molecule has 0 saturated carbocycles. The van der Waals surface area contributed by atoms with Crippen LogP contribution in [0, 0.1) is 6.92 Å². The Kier molecular flexibility index (Phi) is 4.93. The van der Waals surface area contributed by atoms with Crippen molar-refractivity contribution < 1.29 is 9.26 Å². The lowest BCUT2D eigenvalue weighted by atomic mass is 10.1. The van der Waals surface area contributed by atoms with Crippen molar-refractivity contribution in [2.24, 2.45) is 0 Å². The van der Waals surface area contributed by atoms with Gasteiger partial charge in [-0.05, 0) is 38.5 Å². The molecule has 4 aromatic rings. The molecule has 0 unspecified atom stereocenters. The second kappa shape index (κ2) is 7.68. The largest absolute Gasteiger partial charge is 0.491 e. The number of hydrogen-bond donors (Lipinski definition) is 1. The third-order valence-corrected chi connectivity index (χ3v) is 4.34. The van der Waals surface area contributed by atoms with Gasteiger partial charge >= 0.3 is 0 Å². The molecule has 2 heterocycles. The Labute approximate surface area is 163 Å². The lowest BCUT2D eigenvalue weighted by molar-refractivity contribution is 0.242. The molecule has 0 aliphatic heterocycles. The minimum atomic E-state index is 0.160. The number of ether oxygens (including phenoxy) is 1. The van der Waals surface area contributed by atoms with Crippen molar-refractivity contribution in [1.82, 2.24) is 15.1 Å². The molecular weight excluding hydrogens is 352 g/mol. The van der Waals surface area contributed by atoms with Crippen LogP contribution in [0.4, 0.5) is 5.82 Å². The van der Waals surface area contributed by atoms with Gasteiger partial charge < -0.3 is 14.6 Å². The normalized spacial score (nSPS) is 11.1. The highest BCUT2D eigenvalue weighted by Gasteiger charge is 2.16. The van der Waals surface area contributed by atoms with E-state index in [9.17, 15) is 0 Å². The lowest BCUT2D eigenvalue weighted by Crippen LogP contribution is -2.06. The van der Waals surface area contributed by atoms with Gasteiger partial charge in [0.1, 0.15) is 23.3 Å². The van der Waals surface area contributed by atoms with Crippen molar-refractivity contribution >= 4 is 16.9 Å². The average molecular weight is 374 g/mol. The second-order valence-electron chi connectivity index (χ2n) is 6.96. The smallest absolute Gasteiger partial charge is 0.228 e. The maximum Gasteiger partial charge on any atom is 0.228 e. The first-order valence-corrected chi connectivity index (χ1v) is 9.27. The lowest BCUT2D eigenvalue weighted by Gasteiger charge is -2.10. The predicted molar refractivity (Wildman–Crippen MR) is 109 cm³/mol. The Morgan fingerprint density at radius 3 is 2.46 bits per heavy atom. The Morgan fingerprint density at radius 2 is 1.75 bits per heavy atom. The van der Waals surface area contributed by atoms with E-state index >= 15 is 0 Å². The summed E-state index contributed by atoms with van der Waals surface area (Å²) >= 11 is 0. The van der Waals surface area contributed by atoms with E-state index in [1.807, 2.05) is 62.4 Å². The Balaban J connectivity index is 1.54. The molecule has 0 amide bonds. The molecule has 0 fully saturated rings. The van der Waals surface area contributed by atoms with Gasteiger partial charge in [-0.3, -0.25) is 0 Å². The number of aryl methyl sites for hydroxylation is 1. The SMILES string of the molecule is Cc1ccc(-c2noc3c(NCc4ccc(OC(C)C)cc4)ncnc23)cc1. The molecule has 142 valence electrons. The number of nitrogens with zero attached hydrogens (tertiary/aromatic N) is 3. The van der Waals surface area contributed by atoms with Crippen LogP contribution in [0.15, 0.2) is 59.4 Å². The zero-order valence-electron chi connectivity index (χ0n) is 16.1. The Bertz CT molecular complexity index is 1070. The van der Waals surface area contributed by atoms with Crippen LogP contribution in [0.3, 0.4) is 0 Å². The molecule has 0 saturated heterocycles. The summed E-state index contributed by atoms with van der Waals surface area (Å²) in [5.74, 6) is 1.49. The van der Waals surface area contributed by atoms with E-state index in [1.165, 1.54) is 11.9 Å². The Hall–Kier alpha value is -3.41. The van der Waals surface area contributed by atoms with Crippen LogP contribution in [-0.4, -0.2) is 21.2 Å². The van der Waals surface area contributed by atoms with Crippen molar-refractivity contribution in [2.45, 2.75) is 33.4 Å². The van der Waals surface area contributed by atoms with Crippen molar-refractivity contribution in [3.8, 4) is 17.0 Å². The van der Waals surface area contributed by atoms with Crippen molar-refractivity contribution in [3.05, 3.63) is 66.0 Å². The quantitative estimate of drug-likeness (QED) is 0.512. The highest BCUT2D eigenvalue weighted by atomic mass is 16.5. The first-order chi connectivity index (χ1) is 13.6. The first-order valence-electron chi connectivity index (χ1n) is 9.27. The average Bonchev–Trinajstić information content (AvgIpc) is 3.12. The number of anilines is 1. The van der Waals surface area contributed by atoms with Crippen LogP contribution in [-0.2, 0) is 6.54 Å². The van der Waals surface area contributed by atoms with E-state index in [1.54, 1.807) is 0 Å². The number of hydrogen-bond acceptors (Lipinski definition) is 6. The number of aromatic nitrogens is 3. The fourth-order valence-corrected chi connectivity index (χ4v) is 2.93. The number of benzene rings is 2. The fourth-order valence-electron chi connectivity index (χ4n) is 2.93. The van der Waals surface area contributed by atoms with Crippen molar-refractivity contribution in [2.75, 3.05) is 5.32 Å². The summed E-state index contributed by atoms with van der Waals surface area (Å²) in [7, 11) is 0. The second-order valence-corrected chi connectivity index (χ2v) is 6.96. The summed E-state index contributed by atoms with van der Waals surface area (Å²) in [4.78, 5) is 8.69. The van der Waals surface area contributed by atoms with E-state index < -0.39 is 0 Å². The maximum absolute atomic E-state index is 5.68. The van der Waals surface area contributed by atoms with Gasteiger partial charge in [0.2, 0.25) is 5.58 Å². The van der Waals surface area contributed by atoms with Gasteiger partial charge in [0.05, 0.1) is 6.10 Å². The van der Waals surface area contributed by atoms with Gasteiger partial charge in [-0.15, -0.1) is 0 Å². The minimum Gasteiger partial charge on any atom is -0.491 e. The standard InChI is InChI=1S/C22H22N4O2/c1-14(2)27-18-10-6-16(7-11-18)12-23-22-21-20(24-13-25-22)19(26-28-21)17-8-4-15(3)5-9-17/h4-11,13-14H,12H2,1-3H3,(H,23,24,25). The van der Waals surface area contributed by atoms with Crippen LogP contribution < -0.4 is 10.1 Å². The van der Waals surface area contributed by atoms with Crippen LogP contribution >= 0.6 is 0 Å². The number of fused-ring (bicyclic) bond motifs is 1. The predicted octanol–water partition coefficient (Wildman–Crippen LogP) is 4.99. The van der Waals surface area contributed by atoms with Crippen molar-refractivity contribution in [3.63, 3.8) is 0 Å². The number of nitrogens with one attached hydrogen (secondary N) is 1. The van der Waals surface area contributed by atoms with Gasteiger partial charge in [0, 0.05) is 12.1 Å². The number of rotatable bonds is 6. The van der Waals surface area contributed by atoms with E-state index in [-0.39, 0.29) is 6.10 Å². The fraction of sp³-hybridized carbons (Fsp3) is 0.227. The zero-order valence-corrected chi connectivity index (χ0v) is 16.1. The summed E-state index contributed by atoms with van der Waals surface area (Å²) in [6.45, 7) is 6.68. The molecule has 4 rings (SSSR count). The van der Waals surface area contributed by atoms with Gasteiger partial charge in [-0.25, -0.2) is 9.97 Å². The molecule has 1 N–H and O–H groups in total. The van der Waals surface area contributed by atoms with Crippen LogP contribution in [0.2, 0.25) is 0 Å². The molecule has 6 nitrogen and oxygen atoms in total. The van der Waals surface area contributed by atoms with Crippen LogP contribution in [0.25, 0.3) is 22.4 Å². The molecular formula is C22H22N4O2. The molecule has 2 aromatic carbocycles. The monoisotopic (exact) mass is 374 g/mol. The van der Waals surface area contributed by atoms with E-state index in [0.717, 1.165) is 22.6 Å². The zero-order chi connectivity index (χ0) is 19.5. The molecule has 0 bridgehead atoms. The van der Waals surface area contributed by atoms with E-state index in [0.29, 0.717) is 23.5 Å². The highest BCUT2D eigenvalue weighted by molar-refractivity contribution is 5.93.